The van der Waals surface area contributed by atoms with Crippen LogP contribution in [0.2, 0.25) is 0 Å². The van der Waals surface area contributed by atoms with E-state index in [4.69, 9.17) is 0 Å². The van der Waals surface area contributed by atoms with Crippen LogP contribution in [-0.2, 0) is 54.7 Å². The highest BCUT2D eigenvalue weighted by Gasteiger charge is 2.50. The largest absolute Gasteiger partial charge is 0.389 e. The Kier molecular flexibility index (Phi) is 17.4. The van der Waals surface area contributed by atoms with Crippen LogP contribution in [0.4, 0.5) is 0 Å². The van der Waals surface area contributed by atoms with E-state index in [0.717, 1.165) is 22.3 Å². The predicted molar refractivity (Wildman–Crippen MR) is 258 cm³/mol. The molecule has 2 aliphatic rings. The van der Waals surface area contributed by atoms with Gasteiger partial charge in [-0.3, -0.25) is 39.4 Å². The maximum absolute atomic E-state index is 13.7. The standard InChI is InChI=1S/C49H60N8O7S2/c1-48(2)40(56-46(65-48)38(42(61)50-27-33-21-13-7-14-22-33)54-36(59)25-31-17-9-5-10-18-31)44(63)52-29-35(58)30-53-45(64)41-49(3,4)66-47(57-41)39(43(62)51-28-34-23-15-8-16-24-34)55-37(60)26-32-19-11-6-12-20-32/h5-24,35,38-41,46-47,56-58H,25-30H2,1-4H3,(H,50,61)(H,51,62)(H,52,63)(H,53,64)(H,54,59)(H,55,60)/t35?,38-,39-,40+,41?,46-,47-/m1/s1. The summed E-state index contributed by atoms with van der Waals surface area (Å²) in [6, 6.07) is 33.5. The number of hydrogen-bond donors (Lipinski definition) is 9. The molecule has 2 fully saturated rings. The molecule has 17 heteroatoms. The number of nitrogens with one attached hydrogen (secondary N) is 8. The maximum Gasteiger partial charge on any atom is 0.245 e. The minimum Gasteiger partial charge on any atom is -0.389 e. The van der Waals surface area contributed by atoms with Gasteiger partial charge < -0.3 is 37.0 Å². The Morgan fingerprint density at radius 1 is 0.515 bits per heavy atom. The molecule has 7 atom stereocenters. The van der Waals surface area contributed by atoms with E-state index in [1.807, 2.05) is 149 Å². The van der Waals surface area contributed by atoms with Gasteiger partial charge in [0.15, 0.2) is 0 Å². The third-order valence-electron chi connectivity index (χ3n) is 11.3. The van der Waals surface area contributed by atoms with Gasteiger partial charge in [-0.05, 0) is 49.9 Å². The fourth-order valence-corrected chi connectivity index (χ4v) is 10.8. The summed E-state index contributed by atoms with van der Waals surface area (Å²) in [4.78, 5) is 81.5. The Labute approximate surface area is 394 Å². The summed E-state index contributed by atoms with van der Waals surface area (Å²) >= 11 is 2.71. The zero-order chi connectivity index (χ0) is 47.3. The number of aliphatic hydroxyl groups excluding tert-OH is 1. The highest BCUT2D eigenvalue weighted by atomic mass is 32.2. The van der Waals surface area contributed by atoms with E-state index in [0.29, 0.717) is 0 Å². The summed E-state index contributed by atoms with van der Waals surface area (Å²) < 4.78 is -1.47. The summed E-state index contributed by atoms with van der Waals surface area (Å²) in [7, 11) is 0. The first-order valence-electron chi connectivity index (χ1n) is 22.0. The minimum atomic E-state index is -1.17. The molecule has 0 aromatic heterocycles. The van der Waals surface area contributed by atoms with E-state index in [1.165, 1.54) is 23.5 Å². The smallest absolute Gasteiger partial charge is 0.245 e. The van der Waals surface area contributed by atoms with E-state index in [9.17, 15) is 33.9 Å². The second-order valence-electron chi connectivity index (χ2n) is 17.4. The fraction of sp³-hybridized carbons (Fsp3) is 0.388. The molecular formula is C49H60N8O7S2. The van der Waals surface area contributed by atoms with Crippen LogP contribution in [-0.4, -0.2) is 104 Å². The predicted octanol–water partition coefficient (Wildman–Crippen LogP) is 2.29. The van der Waals surface area contributed by atoms with Gasteiger partial charge >= 0.3 is 0 Å². The van der Waals surface area contributed by atoms with E-state index >= 15 is 0 Å². The molecule has 2 saturated heterocycles. The Hall–Kier alpha value is -5.72. The lowest BCUT2D eigenvalue weighted by molar-refractivity contribution is -0.129. The zero-order valence-corrected chi connectivity index (χ0v) is 39.2. The molecule has 0 radical (unpaired) electrons. The summed E-state index contributed by atoms with van der Waals surface area (Å²) in [6.45, 7) is 7.58. The lowest BCUT2D eigenvalue weighted by Crippen LogP contribution is -2.59. The first-order chi connectivity index (χ1) is 31.6. The number of carbonyl (C=O) groups excluding carboxylic acids is 6. The van der Waals surface area contributed by atoms with Crippen molar-refractivity contribution in [2.24, 2.45) is 0 Å². The van der Waals surface area contributed by atoms with Gasteiger partial charge in [-0.2, -0.15) is 0 Å². The van der Waals surface area contributed by atoms with E-state index in [1.54, 1.807) is 0 Å². The van der Waals surface area contributed by atoms with Crippen molar-refractivity contribution in [1.82, 2.24) is 42.5 Å². The van der Waals surface area contributed by atoms with Gasteiger partial charge in [0.2, 0.25) is 35.4 Å². The van der Waals surface area contributed by atoms with Crippen LogP contribution >= 0.6 is 23.5 Å². The van der Waals surface area contributed by atoms with Crippen molar-refractivity contribution in [2.45, 2.75) is 104 Å². The highest BCUT2D eigenvalue weighted by Crippen LogP contribution is 2.40. The fourth-order valence-electron chi connectivity index (χ4n) is 7.77. The van der Waals surface area contributed by atoms with Gasteiger partial charge in [0.25, 0.3) is 0 Å². The number of hydrogen-bond acceptors (Lipinski definition) is 11. The molecule has 15 nitrogen and oxygen atoms in total. The molecule has 0 spiro atoms. The lowest BCUT2D eigenvalue weighted by atomic mass is 10.0. The second-order valence-corrected chi connectivity index (χ2v) is 21.0. The summed E-state index contributed by atoms with van der Waals surface area (Å²) in [6.07, 6.45) is -1.03. The monoisotopic (exact) mass is 936 g/mol. The van der Waals surface area contributed by atoms with Crippen LogP contribution in [0.15, 0.2) is 121 Å². The van der Waals surface area contributed by atoms with Crippen molar-refractivity contribution in [3.63, 3.8) is 0 Å². The molecule has 2 heterocycles. The van der Waals surface area contributed by atoms with Crippen molar-refractivity contribution in [1.29, 1.82) is 0 Å². The summed E-state index contributed by atoms with van der Waals surface area (Å²) in [5.74, 6) is -2.37. The molecule has 9 N–H and O–H groups in total. The number of benzene rings is 4. The Balaban J connectivity index is 1.03. The highest BCUT2D eigenvalue weighted by molar-refractivity contribution is 8.01. The first kappa shape index (κ1) is 49.7. The number of amides is 6. The van der Waals surface area contributed by atoms with Crippen LogP contribution in [0.1, 0.15) is 49.9 Å². The van der Waals surface area contributed by atoms with Crippen molar-refractivity contribution >= 4 is 59.0 Å². The number of rotatable bonds is 20. The van der Waals surface area contributed by atoms with Crippen molar-refractivity contribution in [3.8, 4) is 0 Å². The average Bonchev–Trinajstić information content (AvgIpc) is 3.81. The molecule has 2 unspecified atom stereocenters. The number of thioether (sulfide) groups is 2. The van der Waals surface area contributed by atoms with Gasteiger partial charge in [0, 0.05) is 35.7 Å². The Morgan fingerprint density at radius 2 is 0.833 bits per heavy atom. The Bertz CT molecular complexity index is 2120. The minimum absolute atomic E-state index is 0.0659. The molecule has 4 aromatic rings. The van der Waals surface area contributed by atoms with Gasteiger partial charge in [-0.15, -0.1) is 23.5 Å². The van der Waals surface area contributed by atoms with Gasteiger partial charge in [-0.1, -0.05) is 121 Å². The van der Waals surface area contributed by atoms with Crippen LogP contribution in [0.3, 0.4) is 0 Å². The molecule has 0 aliphatic carbocycles. The van der Waals surface area contributed by atoms with Crippen LogP contribution in [0.25, 0.3) is 0 Å². The zero-order valence-electron chi connectivity index (χ0n) is 37.5. The van der Waals surface area contributed by atoms with Gasteiger partial charge in [0.05, 0.1) is 29.7 Å². The quantitative estimate of drug-likeness (QED) is 0.0627. The molecule has 66 heavy (non-hydrogen) atoms. The van der Waals surface area contributed by atoms with Gasteiger partial charge in [0.1, 0.15) is 24.2 Å². The molecule has 6 rings (SSSR count). The molecule has 350 valence electrons. The number of aliphatic hydroxyl groups is 1. The van der Waals surface area contributed by atoms with E-state index < -0.39 is 74.1 Å². The molecule has 4 aromatic carbocycles. The first-order valence-corrected chi connectivity index (χ1v) is 23.7. The van der Waals surface area contributed by atoms with Crippen LogP contribution in [0.5, 0.6) is 0 Å². The topological polar surface area (TPSA) is 219 Å². The van der Waals surface area contributed by atoms with Gasteiger partial charge in [-0.25, -0.2) is 0 Å². The Morgan fingerprint density at radius 3 is 1.17 bits per heavy atom. The van der Waals surface area contributed by atoms with Crippen molar-refractivity contribution in [2.75, 3.05) is 13.1 Å². The van der Waals surface area contributed by atoms with E-state index in [2.05, 4.69) is 42.5 Å². The second kappa shape index (κ2) is 23.1. The molecule has 0 bridgehead atoms. The molecular weight excluding hydrogens is 877 g/mol. The lowest BCUT2D eigenvalue weighted by Gasteiger charge is -2.26. The van der Waals surface area contributed by atoms with Crippen LogP contribution in [0, 0.1) is 0 Å². The van der Waals surface area contributed by atoms with E-state index in [-0.39, 0.29) is 50.8 Å². The maximum atomic E-state index is 13.7. The molecule has 6 amide bonds. The summed E-state index contributed by atoms with van der Waals surface area (Å²) in [5.41, 5.74) is 3.35. The average molecular weight is 937 g/mol. The third kappa shape index (κ3) is 14.1. The normalized spacial score (nSPS) is 20.7. The number of carbonyl (C=O) groups is 6. The van der Waals surface area contributed by atoms with Crippen molar-refractivity contribution < 1.29 is 33.9 Å². The summed E-state index contributed by atoms with van der Waals surface area (Å²) in [5, 5.41) is 33.4. The van der Waals surface area contributed by atoms with Crippen molar-refractivity contribution in [3.05, 3.63) is 144 Å². The molecule has 0 saturated carbocycles. The SMILES string of the molecule is CC1(C)S[C@H]([C@H](NC(=O)Cc2ccccc2)C(=O)NCc2ccccc2)NC1C(=O)NCC(O)CNC(=O)[C@@H]1N[C@@H]([C@H](NC(=O)Cc2ccccc2)C(=O)NCc2ccccc2)SC1(C)C. The van der Waals surface area contributed by atoms with Crippen LogP contribution < -0.4 is 42.5 Å². The molecule has 2 aliphatic heterocycles. The third-order valence-corrected chi connectivity index (χ3v) is 14.3.